The van der Waals surface area contributed by atoms with E-state index in [0.29, 0.717) is 0 Å². The number of nitrogens with one attached hydrogen (secondary N) is 1. The number of carbonyl (C=O) groups is 2. The molecule has 2 atom stereocenters. The van der Waals surface area contributed by atoms with Gasteiger partial charge in [-0.3, -0.25) is 9.59 Å². The molecule has 100 valence electrons. The molecule has 2 N–H and O–H groups in total. The largest absolute Gasteiger partial charge is 0.481 e. The van der Waals surface area contributed by atoms with Crippen LogP contribution in [0.3, 0.4) is 0 Å². The second-order valence-corrected chi connectivity index (χ2v) is 4.75. The third-order valence-corrected chi connectivity index (χ3v) is 3.97. The Morgan fingerprint density at radius 2 is 1.47 bits per heavy atom. The number of amides is 1. The van der Waals surface area contributed by atoms with E-state index in [1.165, 1.54) is 0 Å². The molecule has 0 heterocycles. The molecule has 0 bridgehead atoms. The van der Waals surface area contributed by atoms with Gasteiger partial charge in [-0.05, 0) is 19.3 Å². The van der Waals surface area contributed by atoms with Crippen molar-refractivity contribution in [2.45, 2.75) is 59.4 Å². The van der Waals surface area contributed by atoms with Crippen molar-refractivity contribution < 1.29 is 14.7 Å². The fraction of sp³-hybridized carbons (Fsp3) is 0.846. The maximum atomic E-state index is 12.0. The molecule has 0 aliphatic carbocycles. The van der Waals surface area contributed by atoms with Crippen molar-refractivity contribution in [1.82, 2.24) is 5.32 Å². The monoisotopic (exact) mass is 243 g/mol. The van der Waals surface area contributed by atoms with Crippen LogP contribution in [0.5, 0.6) is 0 Å². The predicted molar refractivity (Wildman–Crippen MR) is 67.7 cm³/mol. The van der Waals surface area contributed by atoms with Crippen LogP contribution in [0.15, 0.2) is 0 Å². The van der Waals surface area contributed by atoms with E-state index in [1.807, 2.05) is 20.8 Å². The first-order valence-corrected chi connectivity index (χ1v) is 6.38. The molecule has 0 saturated heterocycles. The van der Waals surface area contributed by atoms with Gasteiger partial charge in [-0.1, -0.05) is 34.6 Å². The Hall–Kier alpha value is -1.06. The minimum Gasteiger partial charge on any atom is -0.481 e. The zero-order valence-corrected chi connectivity index (χ0v) is 11.5. The molecule has 0 radical (unpaired) electrons. The number of carboxylic acids is 1. The van der Waals surface area contributed by atoms with Crippen molar-refractivity contribution in [1.29, 1.82) is 0 Å². The molecule has 4 nitrogen and oxygen atoms in total. The van der Waals surface area contributed by atoms with Gasteiger partial charge in [-0.15, -0.1) is 0 Å². The fourth-order valence-corrected chi connectivity index (χ4v) is 1.83. The topological polar surface area (TPSA) is 66.4 Å². The molecule has 1 amide bonds. The van der Waals surface area contributed by atoms with Crippen LogP contribution in [0.1, 0.15) is 53.9 Å². The average molecular weight is 243 g/mol. The maximum Gasteiger partial charge on any atom is 0.307 e. The summed E-state index contributed by atoms with van der Waals surface area (Å²) >= 11 is 0. The lowest BCUT2D eigenvalue weighted by Gasteiger charge is -2.33. The van der Waals surface area contributed by atoms with Gasteiger partial charge in [0.05, 0.1) is 5.92 Å². The summed E-state index contributed by atoms with van der Waals surface area (Å²) in [5, 5.41) is 11.9. The van der Waals surface area contributed by atoms with Crippen molar-refractivity contribution in [3.63, 3.8) is 0 Å². The lowest BCUT2D eigenvalue weighted by Crippen LogP contribution is -2.50. The summed E-state index contributed by atoms with van der Waals surface area (Å²) in [6.07, 6.45) is 2.58. The predicted octanol–water partition coefficient (Wildman–Crippen LogP) is 2.43. The number of aliphatic carboxylic acids is 1. The highest BCUT2D eigenvalue weighted by Gasteiger charge is 2.31. The molecule has 0 aromatic carbocycles. The van der Waals surface area contributed by atoms with Crippen molar-refractivity contribution in [2.75, 3.05) is 0 Å². The summed E-state index contributed by atoms with van der Waals surface area (Å²) in [4.78, 5) is 22.8. The van der Waals surface area contributed by atoms with Crippen LogP contribution in [-0.4, -0.2) is 22.5 Å². The maximum absolute atomic E-state index is 12.0. The highest BCUT2D eigenvalue weighted by Crippen LogP contribution is 2.21. The summed E-state index contributed by atoms with van der Waals surface area (Å²) in [5.74, 6) is -2.25. The van der Waals surface area contributed by atoms with Crippen LogP contribution in [0, 0.1) is 11.8 Å². The zero-order valence-electron chi connectivity index (χ0n) is 11.5. The van der Waals surface area contributed by atoms with E-state index in [1.54, 1.807) is 13.8 Å². The number of carbonyl (C=O) groups excluding carboxylic acids is 1. The van der Waals surface area contributed by atoms with Crippen LogP contribution in [0.25, 0.3) is 0 Å². The molecular formula is C13H25NO3. The van der Waals surface area contributed by atoms with Gasteiger partial charge in [0.2, 0.25) is 5.91 Å². The minimum absolute atomic E-state index is 0.162. The van der Waals surface area contributed by atoms with Crippen LogP contribution in [0.4, 0.5) is 0 Å². The molecule has 0 fully saturated rings. The van der Waals surface area contributed by atoms with Gasteiger partial charge in [0, 0.05) is 11.5 Å². The van der Waals surface area contributed by atoms with Crippen molar-refractivity contribution in [2.24, 2.45) is 11.8 Å². The van der Waals surface area contributed by atoms with E-state index in [-0.39, 0.29) is 11.4 Å². The zero-order chi connectivity index (χ0) is 13.6. The second-order valence-electron chi connectivity index (χ2n) is 4.75. The summed E-state index contributed by atoms with van der Waals surface area (Å²) in [7, 11) is 0. The highest BCUT2D eigenvalue weighted by atomic mass is 16.4. The third-order valence-electron chi connectivity index (χ3n) is 3.97. The molecule has 0 saturated carbocycles. The van der Waals surface area contributed by atoms with Gasteiger partial charge in [-0.2, -0.15) is 0 Å². The van der Waals surface area contributed by atoms with Crippen molar-refractivity contribution in [3.8, 4) is 0 Å². The second kappa shape index (κ2) is 6.62. The van der Waals surface area contributed by atoms with Crippen molar-refractivity contribution >= 4 is 11.9 Å². The van der Waals surface area contributed by atoms with Gasteiger partial charge >= 0.3 is 5.97 Å². The Labute approximate surface area is 104 Å². The summed E-state index contributed by atoms with van der Waals surface area (Å²) in [6.45, 7) is 9.35. The number of hydrogen-bond acceptors (Lipinski definition) is 2. The first-order valence-electron chi connectivity index (χ1n) is 6.38. The lowest BCUT2D eigenvalue weighted by molar-refractivity contribution is -0.146. The number of carboxylic acid groups (broad SMARTS) is 1. The standard InChI is InChI=1S/C13H25NO3/c1-6-13(7-2,8-3)14-11(15)9(4)10(5)12(16)17/h9-10H,6-8H2,1-5H3,(H,14,15)(H,16,17). The van der Waals surface area contributed by atoms with E-state index >= 15 is 0 Å². The molecule has 0 aromatic heterocycles. The van der Waals surface area contributed by atoms with E-state index in [9.17, 15) is 9.59 Å². The molecule has 4 heteroatoms. The van der Waals surface area contributed by atoms with Gasteiger partial charge in [-0.25, -0.2) is 0 Å². The Bertz CT molecular complexity index is 264. The van der Waals surface area contributed by atoms with Crippen molar-refractivity contribution in [3.05, 3.63) is 0 Å². The van der Waals surface area contributed by atoms with Gasteiger partial charge in [0.25, 0.3) is 0 Å². The SMILES string of the molecule is CCC(CC)(CC)NC(=O)C(C)C(C)C(=O)O. The first kappa shape index (κ1) is 15.9. The molecule has 0 aliphatic heterocycles. The van der Waals surface area contributed by atoms with Crippen LogP contribution < -0.4 is 5.32 Å². The smallest absolute Gasteiger partial charge is 0.307 e. The van der Waals surface area contributed by atoms with Gasteiger partial charge in [0.15, 0.2) is 0 Å². The molecule has 0 aliphatic rings. The normalized spacial score (nSPS) is 15.1. The Kier molecular flexibility index (Phi) is 6.21. The molecular weight excluding hydrogens is 218 g/mol. The molecule has 0 rings (SSSR count). The average Bonchev–Trinajstić information content (AvgIpc) is 2.33. The fourth-order valence-electron chi connectivity index (χ4n) is 1.83. The first-order chi connectivity index (χ1) is 7.83. The van der Waals surface area contributed by atoms with Crippen LogP contribution in [0.2, 0.25) is 0 Å². The summed E-state index contributed by atoms with van der Waals surface area (Å²) in [6, 6.07) is 0. The van der Waals surface area contributed by atoms with E-state index in [2.05, 4.69) is 5.32 Å². The van der Waals surface area contributed by atoms with Crippen LogP contribution >= 0.6 is 0 Å². The lowest BCUT2D eigenvalue weighted by atomic mass is 9.87. The number of rotatable bonds is 7. The van der Waals surface area contributed by atoms with Crippen LogP contribution in [-0.2, 0) is 9.59 Å². The Balaban J connectivity index is 4.67. The molecule has 2 unspecified atom stereocenters. The quantitative estimate of drug-likeness (QED) is 0.721. The Morgan fingerprint density at radius 3 is 1.76 bits per heavy atom. The highest BCUT2D eigenvalue weighted by molar-refractivity contribution is 5.84. The number of hydrogen-bond donors (Lipinski definition) is 2. The van der Waals surface area contributed by atoms with Gasteiger partial charge < -0.3 is 10.4 Å². The van der Waals surface area contributed by atoms with E-state index < -0.39 is 17.8 Å². The summed E-state index contributed by atoms with van der Waals surface area (Å²) < 4.78 is 0. The molecule has 0 aromatic rings. The summed E-state index contributed by atoms with van der Waals surface area (Å²) in [5.41, 5.74) is -0.191. The minimum atomic E-state index is -0.928. The Morgan fingerprint density at radius 1 is 1.06 bits per heavy atom. The van der Waals surface area contributed by atoms with E-state index in [4.69, 9.17) is 5.11 Å². The van der Waals surface area contributed by atoms with Gasteiger partial charge in [0.1, 0.15) is 0 Å². The van der Waals surface area contributed by atoms with E-state index in [0.717, 1.165) is 19.3 Å². The molecule has 0 spiro atoms. The molecule has 17 heavy (non-hydrogen) atoms. The third kappa shape index (κ3) is 4.02.